The summed E-state index contributed by atoms with van der Waals surface area (Å²) in [4.78, 5) is 24.3. The van der Waals surface area contributed by atoms with Gasteiger partial charge in [0.05, 0.1) is 12.0 Å². The van der Waals surface area contributed by atoms with E-state index in [9.17, 15) is 9.59 Å². The molecule has 3 heterocycles. The van der Waals surface area contributed by atoms with Gasteiger partial charge < -0.3 is 4.42 Å². The van der Waals surface area contributed by atoms with Gasteiger partial charge in [0, 0.05) is 11.6 Å². The van der Waals surface area contributed by atoms with Gasteiger partial charge in [-0.2, -0.15) is 10.2 Å². The maximum absolute atomic E-state index is 12.2. The largest absolute Gasteiger partial charge is 0.463 e. The normalized spacial score (nSPS) is 10.5. The molecular weight excluding hydrogens is 348 g/mol. The van der Waals surface area contributed by atoms with E-state index in [1.807, 2.05) is 30.3 Å². The molecule has 134 valence electrons. The zero-order valence-electron chi connectivity index (χ0n) is 13.9. The molecule has 0 unspecified atom stereocenters. The number of aromatic nitrogens is 4. The Morgan fingerprint density at radius 3 is 2.48 bits per heavy atom. The summed E-state index contributed by atoms with van der Waals surface area (Å²) in [6.07, 6.45) is 1.52. The van der Waals surface area contributed by atoms with E-state index < -0.39 is 11.8 Å². The Morgan fingerprint density at radius 1 is 0.889 bits per heavy atom. The zero-order chi connectivity index (χ0) is 18.6. The second-order valence-corrected chi connectivity index (χ2v) is 5.59. The lowest BCUT2D eigenvalue weighted by atomic mass is 10.1. The molecule has 0 fully saturated rings. The number of H-pyrrole nitrogens is 2. The topological polar surface area (TPSA) is 129 Å². The first-order valence-electron chi connectivity index (χ1n) is 8.01. The highest BCUT2D eigenvalue weighted by Gasteiger charge is 2.15. The van der Waals surface area contributed by atoms with Crippen LogP contribution in [0.3, 0.4) is 0 Å². The molecule has 9 heteroatoms. The summed E-state index contributed by atoms with van der Waals surface area (Å²) in [5.41, 5.74) is 7.00. The summed E-state index contributed by atoms with van der Waals surface area (Å²) in [6, 6.07) is 16.0. The van der Waals surface area contributed by atoms with E-state index in [2.05, 4.69) is 31.2 Å². The molecule has 0 aliphatic carbocycles. The lowest BCUT2D eigenvalue weighted by molar-refractivity contribution is 0.0841. The molecule has 0 spiro atoms. The van der Waals surface area contributed by atoms with E-state index in [1.165, 1.54) is 12.3 Å². The van der Waals surface area contributed by atoms with Gasteiger partial charge in [-0.25, -0.2) is 0 Å². The standard InChI is InChI=1S/C18H14N6O3/c25-17(14-9-12(19-21-14)11-5-2-1-3-6-11)23-24-18(26)15-10-13(20-22-15)16-7-4-8-27-16/h1-10H,(H,19,21)(H,20,22)(H,23,25)(H,24,26). The van der Waals surface area contributed by atoms with Crippen molar-refractivity contribution in [2.24, 2.45) is 0 Å². The Hall–Kier alpha value is -4.14. The smallest absolute Gasteiger partial charge is 0.290 e. The number of carbonyl (C=O) groups excluding carboxylic acids is 2. The van der Waals surface area contributed by atoms with Crippen molar-refractivity contribution < 1.29 is 14.0 Å². The van der Waals surface area contributed by atoms with E-state index in [1.54, 1.807) is 18.2 Å². The van der Waals surface area contributed by atoms with Crippen LogP contribution >= 0.6 is 0 Å². The fourth-order valence-corrected chi connectivity index (χ4v) is 2.44. The third-order valence-corrected chi connectivity index (χ3v) is 3.78. The van der Waals surface area contributed by atoms with Crippen LogP contribution in [0.2, 0.25) is 0 Å². The third-order valence-electron chi connectivity index (χ3n) is 3.78. The Labute approximate surface area is 152 Å². The number of furan rings is 1. The lowest BCUT2D eigenvalue weighted by Crippen LogP contribution is -2.41. The summed E-state index contributed by atoms with van der Waals surface area (Å²) in [5, 5.41) is 13.3. The van der Waals surface area contributed by atoms with E-state index in [0.717, 1.165) is 5.56 Å². The number of hydrazine groups is 1. The number of aromatic amines is 2. The molecule has 0 radical (unpaired) electrons. The first-order chi connectivity index (χ1) is 13.2. The molecule has 2 amide bonds. The van der Waals surface area contributed by atoms with Gasteiger partial charge in [-0.3, -0.25) is 30.6 Å². The van der Waals surface area contributed by atoms with Gasteiger partial charge in [0.2, 0.25) is 0 Å². The van der Waals surface area contributed by atoms with Crippen LogP contribution in [0, 0.1) is 0 Å². The highest BCUT2D eigenvalue weighted by Crippen LogP contribution is 2.18. The molecule has 4 aromatic rings. The van der Waals surface area contributed by atoms with Crippen molar-refractivity contribution in [1.29, 1.82) is 0 Å². The number of amides is 2. The second-order valence-electron chi connectivity index (χ2n) is 5.59. The van der Waals surface area contributed by atoms with Crippen molar-refractivity contribution in [2.45, 2.75) is 0 Å². The molecule has 0 aliphatic rings. The van der Waals surface area contributed by atoms with Crippen LogP contribution in [0.1, 0.15) is 21.0 Å². The molecular formula is C18H14N6O3. The number of carbonyl (C=O) groups is 2. The summed E-state index contributed by atoms with van der Waals surface area (Å²) in [6.45, 7) is 0. The van der Waals surface area contributed by atoms with E-state index in [0.29, 0.717) is 17.1 Å². The first kappa shape index (κ1) is 16.3. The SMILES string of the molecule is O=C(NNC(=O)c1cc(-c2ccccc2)n[nH]1)c1cc(-c2ccco2)[nH]n1. The zero-order valence-corrected chi connectivity index (χ0v) is 13.9. The fourth-order valence-electron chi connectivity index (χ4n) is 2.44. The molecule has 9 nitrogen and oxygen atoms in total. The maximum atomic E-state index is 12.2. The summed E-state index contributed by atoms with van der Waals surface area (Å²) < 4.78 is 5.22. The van der Waals surface area contributed by atoms with Crippen molar-refractivity contribution in [3.63, 3.8) is 0 Å². The number of nitrogens with one attached hydrogen (secondary N) is 4. The van der Waals surface area contributed by atoms with E-state index in [4.69, 9.17) is 4.42 Å². The third kappa shape index (κ3) is 3.47. The minimum Gasteiger partial charge on any atom is -0.463 e. The van der Waals surface area contributed by atoms with E-state index in [-0.39, 0.29) is 11.4 Å². The van der Waals surface area contributed by atoms with E-state index >= 15 is 0 Å². The van der Waals surface area contributed by atoms with Crippen LogP contribution in [0.4, 0.5) is 0 Å². The van der Waals surface area contributed by atoms with Gasteiger partial charge in [-0.05, 0) is 18.2 Å². The maximum Gasteiger partial charge on any atom is 0.290 e. The number of rotatable bonds is 4. The monoisotopic (exact) mass is 362 g/mol. The summed E-state index contributed by atoms with van der Waals surface area (Å²) in [7, 11) is 0. The predicted octanol–water partition coefficient (Wildman–Crippen LogP) is 2.13. The second kappa shape index (κ2) is 7.00. The van der Waals surface area contributed by atoms with Crippen LogP contribution in [-0.2, 0) is 0 Å². The quantitative estimate of drug-likeness (QED) is 0.413. The van der Waals surface area contributed by atoms with Crippen LogP contribution in [0.15, 0.2) is 65.3 Å². The average Bonchev–Trinajstić information content (AvgIpc) is 3.47. The molecule has 0 saturated carbocycles. The van der Waals surface area contributed by atoms with Crippen molar-refractivity contribution in [3.8, 4) is 22.7 Å². The minimum absolute atomic E-state index is 0.108. The van der Waals surface area contributed by atoms with Gasteiger partial charge in [0.25, 0.3) is 11.8 Å². The Kier molecular flexibility index (Phi) is 4.24. The molecule has 3 aromatic heterocycles. The molecule has 1 aromatic carbocycles. The van der Waals surface area contributed by atoms with Gasteiger partial charge in [-0.15, -0.1) is 0 Å². The molecule has 4 N–H and O–H groups in total. The number of benzene rings is 1. The Balaban J connectivity index is 1.38. The Morgan fingerprint density at radius 2 is 1.70 bits per heavy atom. The number of hydrogen-bond acceptors (Lipinski definition) is 5. The van der Waals surface area contributed by atoms with Crippen LogP contribution in [0.25, 0.3) is 22.7 Å². The van der Waals surface area contributed by atoms with Gasteiger partial charge in [-0.1, -0.05) is 30.3 Å². The van der Waals surface area contributed by atoms with Crippen molar-refractivity contribution >= 4 is 11.8 Å². The number of nitrogens with zero attached hydrogens (tertiary/aromatic N) is 2. The summed E-state index contributed by atoms with van der Waals surface area (Å²) >= 11 is 0. The predicted molar refractivity (Wildman–Crippen MR) is 95.2 cm³/mol. The van der Waals surface area contributed by atoms with Crippen LogP contribution < -0.4 is 10.9 Å². The molecule has 0 saturated heterocycles. The van der Waals surface area contributed by atoms with Crippen molar-refractivity contribution in [1.82, 2.24) is 31.2 Å². The number of hydrogen-bond donors (Lipinski definition) is 4. The van der Waals surface area contributed by atoms with Gasteiger partial charge >= 0.3 is 0 Å². The molecule has 0 atom stereocenters. The van der Waals surface area contributed by atoms with Crippen molar-refractivity contribution in [2.75, 3.05) is 0 Å². The highest BCUT2D eigenvalue weighted by molar-refractivity contribution is 5.98. The van der Waals surface area contributed by atoms with Crippen LogP contribution in [0.5, 0.6) is 0 Å². The lowest BCUT2D eigenvalue weighted by Gasteiger charge is -2.03. The molecule has 0 aliphatic heterocycles. The Bertz CT molecular complexity index is 1070. The molecule has 4 rings (SSSR count). The van der Waals surface area contributed by atoms with Crippen LogP contribution in [-0.4, -0.2) is 32.2 Å². The molecule has 0 bridgehead atoms. The molecule has 27 heavy (non-hydrogen) atoms. The van der Waals surface area contributed by atoms with Gasteiger partial charge in [0.15, 0.2) is 11.5 Å². The summed E-state index contributed by atoms with van der Waals surface area (Å²) in [5.74, 6) is -0.545. The highest BCUT2D eigenvalue weighted by atomic mass is 16.3. The first-order valence-corrected chi connectivity index (χ1v) is 8.01. The van der Waals surface area contributed by atoms with Crippen molar-refractivity contribution in [3.05, 3.63) is 72.2 Å². The average molecular weight is 362 g/mol. The minimum atomic E-state index is -0.569. The fraction of sp³-hybridized carbons (Fsp3) is 0. The van der Waals surface area contributed by atoms with Gasteiger partial charge in [0.1, 0.15) is 11.4 Å².